The molecule has 1 saturated heterocycles. The number of carbonyl (C=O) groups excluding carboxylic acids is 2. The number of aromatic nitrogens is 1. The van der Waals surface area contributed by atoms with Crippen LogP contribution in [0.25, 0.3) is 6.08 Å². The first-order valence-electron chi connectivity index (χ1n) is 12.9. The summed E-state index contributed by atoms with van der Waals surface area (Å²) in [4.78, 5) is 30.7. The van der Waals surface area contributed by atoms with E-state index in [1.165, 1.54) is 0 Å². The minimum atomic E-state index is -1.20. The molecule has 3 rings (SSSR count). The second-order valence-electron chi connectivity index (χ2n) is 11.9. The number of aliphatic hydroxyl groups is 2. The van der Waals surface area contributed by atoms with Crippen molar-refractivity contribution in [1.29, 1.82) is 0 Å². The molecule has 0 bridgehead atoms. The van der Waals surface area contributed by atoms with Crippen LogP contribution in [0.2, 0.25) is 0 Å². The SMILES string of the molecule is C.C/C(=C\c1csc(C)n1)[C@@H]1C[C@@H]2C[C@@]2(C)CCC[C@H](C)[C@H](O)[C@@H](C)C(=O)C(C)(C)[C@@H](O)CC(=O)O1. The topological polar surface area (TPSA) is 96.7 Å². The normalized spacial score (nSPS) is 36.4. The predicted molar refractivity (Wildman–Crippen MR) is 146 cm³/mol. The number of Topliss-reactive ketones (excluding diaryl/α,β-unsaturated/α-hetero) is 1. The third-order valence-electron chi connectivity index (χ3n) is 8.58. The van der Waals surface area contributed by atoms with Gasteiger partial charge in [-0.15, -0.1) is 11.3 Å². The van der Waals surface area contributed by atoms with Gasteiger partial charge in [-0.05, 0) is 68.4 Å². The number of hydrogen-bond acceptors (Lipinski definition) is 7. The van der Waals surface area contributed by atoms with Crippen molar-refractivity contribution in [1.82, 2.24) is 4.98 Å². The molecule has 7 heteroatoms. The maximum Gasteiger partial charge on any atom is 0.309 e. The van der Waals surface area contributed by atoms with Gasteiger partial charge in [0.05, 0.1) is 34.7 Å². The highest BCUT2D eigenvalue weighted by Gasteiger charge is 2.50. The third-order valence-corrected chi connectivity index (χ3v) is 9.37. The van der Waals surface area contributed by atoms with Gasteiger partial charge in [0.25, 0.3) is 0 Å². The van der Waals surface area contributed by atoms with Gasteiger partial charge >= 0.3 is 5.97 Å². The first-order valence-corrected chi connectivity index (χ1v) is 13.8. The summed E-state index contributed by atoms with van der Waals surface area (Å²) in [5.74, 6) is -0.926. The van der Waals surface area contributed by atoms with Crippen LogP contribution in [0.4, 0.5) is 0 Å². The van der Waals surface area contributed by atoms with E-state index in [9.17, 15) is 19.8 Å². The van der Waals surface area contributed by atoms with Crippen LogP contribution in [0.15, 0.2) is 11.0 Å². The number of fused-ring (bicyclic) bond motifs is 1. The number of aliphatic hydroxyl groups excluding tert-OH is 2. The molecular formula is C29H47NO5S. The van der Waals surface area contributed by atoms with Gasteiger partial charge in [0.2, 0.25) is 0 Å². The van der Waals surface area contributed by atoms with E-state index >= 15 is 0 Å². The van der Waals surface area contributed by atoms with Crippen molar-refractivity contribution in [3.8, 4) is 0 Å². The molecule has 1 aromatic rings. The molecule has 204 valence electrons. The molecular weight excluding hydrogens is 474 g/mol. The molecule has 0 spiro atoms. The number of carbonyl (C=O) groups is 2. The molecule has 2 aliphatic rings. The number of aryl methyl sites for hydroxylation is 1. The van der Waals surface area contributed by atoms with Crippen LogP contribution in [-0.2, 0) is 14.3 Å². The van der Waals surface area contributed by atoms with Gasteiger partial charge < -0.3 is 14.9 Å². The summed E-state index contributed by atoms with van der Waals surface area (Å²) in [5, 5.41) is 24.7. The molecule has 0 amide bonds. The predicted octanol–water partition coefficient (Wildman–Crippen LogP) is 5.98. The van der Waals surface area contributed by atoms with E-state index in [1.807, 2.05) is 32.2 Å². The quantitative estimate of drug-likeness (QED) is 0.465. The number of esters is 1. The zero-order valence-electron chi connectivity index (χ0n) is 22.3. The largest absolute Gasteiger partial charge is 0.458 e. The van der Waals surface area contributed by atoms with Crippen molar-refractivity contribution in [2.45, 2.75) is 113 Å². The van der Waals surface area contributed by atoms with Crippen LogP contribution in [0.3, 0.4) is 0 Å². The summed E-state index contributed by atoms with van der Waals surface area (Å²) in [6.07, 6.45) is 4.06. The number of ether oxygens (including phenoxy) is 1. The van der Waals surface area contributed by atoms with Gasteiger partial charge in [0, 0.05) is 11.3 Å². The zero-order valence-corrected chi connectivity index (χ0v) is 23.2. The first kappa shape index (κ1) is 30.7. The van der Waals surface area contributed by atoms with E-state index in [0.29, 0.717) is 5.92 Å². The highest BCUT2D eigenvalue weighted by molar-refractivity contribution is 7.09. The van der Waals surface area contributed by atoms with Gasteiger partial charge in [-0.25, -0.2) is 4.98 Å². The number of ketones is 1. The highest BCUT2D eigenvalue weighted by atomic mass is 32.1. The minimum absolute atomic E-state index is 0. The molecule has 7 atom stereocenters. The van der Waals surface area contributed by atoms with Crippen molar-refractivity contribution in [3.63, 3.8) is 0 Å². The second-order valence-corrected chi connectivity index (χ2v) is 13.0. The van der Waals surface area contributed by atoms with Crippen LogP contribution in [0, 0.1) is 35.5 Å². The van der Waals surface area contributed by atoms with E-state index < -0.39 is 35.6 Å². The number of rotatable bonds is 2. The number of thiazole rings is 1. The average Bonchev–Trinajstić information content (AvgIpc) is 3.22. The minimum Gasteiger partial charge on any atom is -0.458 e. The van der Waals surface area contributed by atoms with Crippen LogP contribution < -0.4 is 0 Å². The van der Waals surface area contributed by atoms with Crippen molar-refractivity contribution >= 4 is 29.2 Å². The molecule has 6 nitrogen and oxygen atoms in total. The van der Waals surface area contributed by atoms with Gasteiger partial charge in [-0.2, -0.15) is 0 Å². The Bertz CT molecular complexity index is 953. The lowest BCUT2D eigenvalue weighted by atomic mass is 9.73. The number of nitrogens with zero attached hydrogens (tertiary/aromatic N) is 1. The second kappa shape index (κ2) is 11.9. The van der Waals surface area contributed by atoms with Crippen LogP contribution in [0.1, 0.15) is 98.2 Å². The molecule has 0 unspecified atom stereocenters. The summed E-state index contributed by atoms with van der Waals surface area (Å²) in [5.41, 5.74) is 0.825. The summed E-state index contributed by atoms with van der Waals surface area (Å²) < 4.78 is 5.95. The Kier molecular flexibility index (Phi) is 10.1. The van der Waals surface area contributed by atoms with Crippen molar-refractivity contribution in [2.75, 3.05) is 0 Å². The fraction of sp³-hybridized carbons (Fsp3) is 0.759. The molecule has 0 radical (unpaired) electrons. The maximum atomic E-state index is 13.2. The molecule has 2 fully saturated rings. The van der Waals surface area contributed by atoms with E-state index in [0.717, 1.165) is 48.4 Å². The Morgan fingerprint density at radius 2 is 1.89 bits per heavy atom. The number of cyclic esters (lactones) is 1. The molecule has 36 heavy (non-hydrogen) atoms. The van der Waals surface area contributed by atoms with Crippen LogP contribution in [0.5, 0.6) is 0 Å². The first-order chi connectivity index (χ1) is 16.2. The highest BCUT2D eigenvalue weighted by Crippen LogP contribution is 2.58. The van der Waals surface area contributed by atoms with Crippen molar-refractivity contribution in [2.24, 2.45) is 28.6 Å². The number of hydrogen-bond donors (Lipinski definition) is 2. The lowest BCUT2D eigenvalue weighted by Gasteiger charge is -2.34. The van der Waals surface area contributed by atoms with Gasteiger partial charge in [-0.1, -0.05) is 48.5 Å². The fourth-order valence-corrected chi connectivity index (χ4v) is 6.12. The monoisotopic (exact) mass is 521 g/mol. The van der Waals surface area contributed by atoms with E-state index in [4.69, 9.17) is 4.74 Å². The maximum absolute atomic E-state index is 13.2. The summed E-state index contributed by atoms with van der Waals surface area (Å²) in [7, 11) is 0. The lowest BCUT2D eigenvalue weighted by Crippen LogP contribution is -2.45. The fourth-order valence-electron chi connectivity index (χ4n) is 5.55. The summed E-state index contributed by atoms with van der Waals surface area (Å²) in [6, 6.07) is 0. The van der Waals surface area contributed by atoms with Gasteiger partial charge in [-0.3, -0.25) is 9.59 Å². The molecule has 1 saturated carbocycles. The van der Waals surface area contributed by atoms with E-state index in [2.05, 4.69) is 11.9 Å². The molecule has 2 heterocycles. The van der Waals surface area contributed by atoms with Crippen LogP contribution >= 0.6 is 11.3 Å². The Labute approximate surface area is 221 Å². The van der Waals surface area contributed by atoms with Gasteiger partial charge in [0.1, 0.15) is 11.9 Å². The summed E-state index contributed by atoms with van der Waals surface area (Å²) in [6.45, 7) is 13.2. The smallest absolute Gasteiger partial charge is 0.309 e. The molecule has 0 aromatic carbocycles. The Morgan fingerprint density at radius 1 is 1.22 bits per heavy atom. The van der Waals surface area contributed by atoms with E-state index in [1.54, 1.807) is 32.1 Å². The van der Waals surface area contributed by atoms with Gasteiger partial charge in [0.15, 0.2) is 0 Å². The zero-order chi connectivity index (χ0) is 26.1. The Balaban J connectivity index is 0.00000456. The van der Waals surface area contributed by atoms with E-state index in [-0.39, 0.29) is 31.0 Å². The Morgan fingerprint density at radius 3 is 2.50 bits per heavy atom. The Hall–Kier alpha value is -1.57. The average molecular weight is 522 g/mol. The molecule has 1 aliphatic carbocycles. The molecule has 1 aromatic heterocycles. The molecule has 2 N–H and O–H groups in total. The van der Waals surface area contributed by atoms with Crippen LogP contribution in [-0.4, -0.2) is 45.3 Å². The standard InChI is InChI=1S/C28H43NO5S.CH4/c1-16-9-8-10-28(7)14-20(28)12-22(17(2)11-21-15-35-19(4)29-21)34-24(31)13-23(30)27(5,6)26(33)18(3)25(16)32;/h11,15-16,18,20,22-23,25,30,32H,8-10,12-14H2,1-7H3;1H4/b17-11+;/t16-,18+,20+,22-,23-,25-,28+;/m0./s1. The summed E-state index contributed by atoms with van der Waals surface area (Å²) >= 11 is 1.58. The van der Waals surface area contributed by atoms with Crippen molar-refractivity contribution < 1.29 is 24.5 Å². The third kappa shape index (κ3) is 7.05. The lowest BCUT2D eigenvalue weighted by molar-refractivity contribution is -0.154. The molecule has 1 aliphatic heterocycles. The van der Waals surface area contributed by atoms with Crippen molar-refractivity contribution in [3.05, 3.63) is 21.7 Å².